The van der Waals surface area contributed by atoms with E-state index in [0.717, 1.165) is 6.42 Å². The molecule has 0 heterocycles. The van der Waals surface area contributed by atoms with Gasteiger partial charge in [0.25, 0.3) is 0 Å². The van der Waals surface area contributed by atoms with Crippen molar-refractivity contribution in [3.8, 4) is 0 Å². The lowest BCUT2D eigenvalue weighted by atomic mass is 9.88. The first-order valence-corrected chi connectivity index (χ1v) is 5.54. The Morgan fingerprint density at radius 1 is 1.50 bits per heavy atom. The third kappa shape index (κ3) is 3.66. The molecule has 2 N–H and O–H groups in total. The molecule has 0 aromatic heterocycles. The summed E-state index contributed by atoms with van der Waals surface area (Å²) in [6.45, 7) is 3.98. The molecule has 1 aliphatic carbocycles. The van der Waals surface area contributed by atoms with Crippen LogP contribution in [0.25, 0.3) is 0 Å². The lowest BCUT2D eigenvalue weighted by molar-refractivity contribution is -0.153. The summed E-state index contributed by atoms with van der Waals surface area (Å²) in [5.41, 5.74) is 5.53. The molecule has 1 rings (SSSR count). The highest BCUT2D eigenvalue weighted by Crippen LogP contribution is 2.26. The summed E-state index contributed by atoms with van der Waals surface area (Å²) in [5, 5.41) is 0. The van der Waals surface area contributed by atoms with Gasteiger partial charge in [-0.05, 0) is 32.1 Å². The van der Waals surface area contributed by atoms with E-state index in [1.807, 2.05) is 6.92 Å². The molecule has 1 saturated carbocycles. The highest BCUT2D eigenvalue weighted by Gasteiger charge is 2.24. The first kappa shape index (κ1) is 11.5. The number of rotatable bonds is 3. The van der Waals surface area contributed by atoms with Crippen molar-refractivity contribution in [3.05, 3.63) is 0 Å². The van der Waals surface area contributed by atoms with Crippen LogP contribution >= 0.6 is 0 Å². The minimum atomic E-state index is -0.140. The highest BCUT2D eigenvalue weighted by atomic mass is 16.5. The third-order valence-corrected chi connectivity index (χ3v) is 2.80. The Hall–Kier alpha value is -0.570. The molecule has 1 aliphatic rings. The van der Waals surface area contributed by atoms with Gasteiger partial charge in [0.2, 0.25) is 0 Å². The maximum absolute atomic E-state index is 11.4. The molecule has 0 amide bonds. The van der Waals surface area contributed by atoms with Crippen LogP contribution in [0.2, 0.25) is 0 Å². The molecule has 0 bridgehead atoms. The second kappa shape index (κ2) is 5.35. The molecule has 0 saturated heterocycles. The van der Waals surface area contributed by atoms with Gasteiger partial charge in [-0.1, -0.05) is 13.3 Å². The van der Waals surface area contributed by atoms with Gasteiger partial charge in [0.1, 0.15) is 6.10 Å². The largest absolute Gasteiger partial charge is 0.462 e. The second-order valence-corrected chi connectivity index (χ2v) is 4.47. The fourth-order valence-corrected chi connectivity index (χ4v) is 1.94. The van der Waals surface area contributed by atoms with Crippen molar-refractivity contribution in [1.29, 1.82) is 0 Å². The van der Waals surface area contributed by atoms with Gasteiger partial charge in [0.05, 0.1) is 6.42 Å². The summed E-state index contributed by atoms with van der Waals surface area (Å²) in [4.78, 5) is 11.4. The number of hydrogen-bond acceptors (Lipinski definition) is 3. The van der Waals surface area contributed by atoms with Gasteiger partial charge in [-0.3, -0.25) is 4.79 Å². The molecule has 1 fully saturated rings. The summed E-state index contributed by atoms with van der Waals surface area (Å²) in [5.74, 6) is 0.375. The molecule has 0 aromatic carbocycles. The SMILES string of the molecule is CC(N)CC(=O)OC1CCCCC1C. The molecule has 0 spiro atoms. The van der Waals surface area contributed by atoms with Crippen molar-refractivity contribution in [2.24, 2.45) is 11.7 Å². The molecule has 3 atom stereocenters. The number of nitrogens with two attached hydrogens (primary N) is 1. The Kier molecular flexibility index (Phi) is 4.39. The van der Waals surface area contributed by atoms with E-state index in [9.17, 15) is 4.79 Å². The standard InChI is InChI=1S/C11H21NO2/c1-8-5-3-4-6-10(8)14-11(13)7-9(2)12/h8-10H,3-7,12H2,1-2H3. The van der Waals surface area contributed by atoms with Crippen LogP contribution in [0.15, 0.2) is 0 Å². The van der Waals surface area contributed by atoms with E-state index in [0.29, 0.717) is 12.3 Å². The van der Waals surface area contributed by atoms with E-state index in [1.54, 1.807) is 0 Å². The summed E-state index contributed by atoms with van der Waals surface area (Å²) in [7, 11) is 0. The van der Waals surface area contributed by atoms with Crippen LogP contribution in [0.5, 0.6) is 0 Å². The molecule has 0 aromatic rings. The summed E-state index contributed by atoms with van der Waals surface area (Å²) in [6.07, 6.45) is 5.11. The molecule has 0 radical (unpaired) electrons. The maximum atomic E-state index is 11.4. The van der Waals surface area contributed by atoms with Crippen molar-refractivity contribution < 1.29 is 9.53 Å². The third-order valence-electron chi connectivity index (χ3n) is 2.80. The van der Waals surface area contributed by atoms with Gasteiger partial charge in [0, 0.05) is 6.04 Å². The zero-order valence-electron chi connectivity index (χ0n) is 9.16. The molecule has 3 nitrogen and oxygen atoms in total. The molecule has 3 heteroatoms. The predicted octanol–water partition coefficient (Wildman–Crippen LogP) is 1.85. The summed E-state index contributed by atoms with van der Waals surface area (Å²) >= 11 is 0. The lowest BCUT2D eigenvalue weighted by Crippen LogP contribution is -2.30. The van der Waals surface area contributed by atoms with Crippen LogP contribution in [-0.2, 0) is 9.53 Å². The predicted molar refractivity (Wildman–Crippen MR) is 55.8 cm³/mol. The summed E-state index contributed by atoms with van der Waals surface area (Å²) in [6, 6.07) is -0.0959. The molecule has 14 heavy (non-hydrogen) atoms. The zero-order chi connectivity index (χ0) is 10.6. The first-order valence-electron chi connectivity index (χ1n) is 5.54. The lowest BCUT2D eigenvalue weighted by Gasteiger charge is -2.28. The van der Waals surface area contributed by atoms with E-state index in [-0.39, 0.29) is 18.1 Å². The van der Waals surface area contributed by atoms with E-state index in [1.165, 1.54) is 19.3 Å². The van der Waals surface area contributed by atoms with Crippen molar-refractivity contribution in [2.45, 2.75) is 58.1 Å². The Bertz CT molecular complexity index is 192. The smallest absolute Gasteiger partial charge is 0.307 e. The number of carbonyl (C=O) groups is 1. The molecule has 0 aliphatic heterocycles. The van der Waals surface area contributed by atoms with Crippen LogP contribution in [0.1, 0.15) is 46.0 Å². The fourth-order valence-electron chi connectivity index (χ4n) is 1.94. The van der Waals surface area contributed by atoms with Gasteiger partial charge in [-0.2, -0.15) is 0 Å². The molecule has 82 valence electrons. The van der Waals surface area contributed by atoms with Crippen LogP contribution in [0.3, 0.4) is 0 Å². The van der Waals surface area contributed by atoms with Crippen LogP contribution in [-0.4, -0.2) is 18.1 Å². The van der Waals surface area contributed by atoms with Crippen LogP contribution < -0.4 is 5.73 Å². The number of hydrogen-bond donors (Lipinski definition) is 1. The quantitative estimate of drug-likeness (QED) is 0.706. The van der Waals surface area contributed by atoms with Crippen molar-refractivity contribution in [3.63, 3.8) is 0 Å². The second-order valence-electron chi connectivity index (χ2n) is 4.47. The fraction of sp³-hybridized carbons (Fsp3) is 0.909. The van der Waals surface area contributed by atoms with Gasteiger partial charge < -0.3 is 10.5 Å². The Labute approximate surface area is 86.0 Å². The average Bonchev–Trinajstić information content (AvgIpc) is 2.07. The molecule has 3 unspecified atom stereocenters. The Morgan fingerprint density at radius 3 is 2.71 bits per heavy atom. The normalized spacial score (nSPS) is 29.6. The minimum Gasteiger partial charge on any atom is -0.462 e. The van der Waals surface area contributed by atoms with E-state index in [4.69, 9.17) is 10.5 Å². The average molecular weight is 199 g/mol. The monoisotopic (exact) mass is 199 g/mol. The minimum absolute atomic E-state index is 0.0959. The van der Waals surface area contributed by atoms with Gasteiger partial charge in [0.15, 0.2) is 0 Å². The molecular formula is C11H21NO2. The summed E-state index contributed by atoms with van der Waals surface area (Å²) < 4.78 is 5.40. The maximum Gasteiger partial charge on any atom is 0.307 e. The Balaban J connectivity index is 2.31. The highest BCUT2D eigenvalue weighted by molar-refractivity contribution is 5.70. The van der Waals surface area contributed by atoms with Crippen LogP contribution in [0.4, 0.5) is 0 Å². The van der Waals surface area contributed by atoms with E-state index >= 15 is 0 Å². The van der Waals surface area contributed by atoms with E-state index < -0.39 is 0 Å². The molecular weight excluding hydrogens is 178 g/mol. The van der Waals surface area contributed by atoms with Gasteiger partial charge >= 0.3 is 5.97 Å². The topological polar surface area (TPSA) is 52.3 Å². The number of ether oxygens (including phenoxy) is 1. The van der Waals surface area contributed by atoms with Gasteiger partial charge in [-0.25, -0.2) is 0 Å². The van der Waals surface area contributed by atoms with Crippen molar-refractivity contribution >= 4 is 5.97 Å². The van der Waals surface area contributed by atoms with Crippen LogP contribution in [0, 0.1) is 5.92 Å². The number of esters is 1. The Morgan fingerprint density at radius 2 is 2.14 bits per heavy atom. The van der Waals surface area contributed by atoms with E-state index in [2.05, 4.69) is 6.92 Å². The van der Waals surface area contributed by atoms with Crippen molar-refractivity contribution in [2.75, 3.05) is 0 Å². The van der Waals surface area contributed by atoms with Crippen molar-refractivity contribution in [1.82, 2.24) is 0 Å². The zero-order valence-corrected chi connectivity index (χ0v) is 9.16. The van der Waals surface area contributed by atoms with Gasteiger partial charge in [-0.15, -0.1) is 0 Å². The number of carbonyl (C=O) groups excluding carboxylic acids is 1. The first-order chi connectivity index (χ1) is 6.59.